The standard InChI is InChI=1S/C17H18N4OS.C5H10.C2H6/c1-4-6-10-21-11-19-14-13-12(20(3)9-5-2)7-8-18-16(13)23-15(14)17(21)22;1-4-5(2)3;1-2/h4,6-8,10-11H,1,5,9H2,2-3H3;4-5H,1H2,2-3H3;1-2H3/b10-6+;;. The maximum Gasteiger partial charge on any atom is 0.275 e. The summed E-state index contributed by atoms with van der Waals surface area (Å²) in [6.45, 7) is 18.5. The summed E-state index contributed by atoms with van der Waals surface area (Å²) in [5, 5.41) is 0.959. The number of pyridine rings is 1. The van der Waals surface area contributed by atoms with Gasteiger partial charge in [-0.25, -0.2) is 9.97 Å². The lowest BCUT2D eigenvalue weighted by molar-refractivity contribution is 0.835. The molecule has 162 valence electrons. The fourth-order valence-corrected chi connectivity index (χ4v) is 3.64. The summed E-state index contributed by atoms with van der Waals surface area (Å²) in [6.07, 6.45) is 11.3. The number of anilines is 1. The highest BCUT2D eigenvalue weighted by molar-refractivity contribution is 7.25. The van der Waals surface area contributed by atoms with Crippen LogP contribution in [0.5, 0.6) is 0 Å². The first-order chi connectivity index (χ1) is 14.4. The van der Waals surface area contributed by atoms with Gasteiger partial charge in [0, 0.05) is 26.0 Å². The minimum atomic E-state index is -0.0832. The van der Waals surface area contributed by atoms with E-state index in [1.807, 2.05) is 26.0 Å². The average Bonchev–Trinajstić information content (AvgIpc) is 3.15. The van der Waals surface area contributed by atoms with Crippen molar-refractivity contribution in [3.05, 3.63) is 60.3 Å². The Hall–Kier alpha value is -2.73. The molecule has 0 aliphatic heterocycles. The van der Waals surface area contributed by atoms with E-state index < -0.39 is 0 Å². The first kappa shape index (κ1) is 25.3. The predicted molar refractivity (Wildman–Crippen MR) is 135 cm³/mol. The second kappa shape index (κ2) is 12.8. The maximum atomic E-state index is 12.6. The summed E-state index contributed by atoms with van der Waals surface area (Å²) in [7, 11) is 2.05. The first-order valence-electron chi connectivity index (χ1n) is 10.4. The summed E-state index contributed by atoms with van der Waals surface area (Å²) < 4.78 is 2.09. The number of hydrogen-bond acceptors (Lipinski definition) is 5. The number of allylic oxidation sites excluding steroid dienone is 3. The van der Waals surface area contributed by atoms with Crippen molar-refractivity contribution in [2.45, 2.75) is 41.0 Å². The molecule has 3 heterocycles. The number of nitrogens with zero attached hydrogens (tertiary/aromatic N) is 4. The lowest BCUT2D eigenvalue weighted by Gasteiger charge is -2.19. The highest BCUT2D eigenvalue weighted by atomic mass is 32.1. The van der Waals surface area contributed by atoms with E-state index in [0.29, 0.717) is 10.6 Å². The third-order valence-corrected chi connectivity index (χ3v) is 5.18. The Labute approximate surface area is 184 Å². The van der Waals surface area contributed by atoms with Crippen molar-refractivity contribution in [2.75, 3.05) is 18.5 Å². The van der Waals surface area contributed by atoms with Crippen molar-refractivity contribution in [3.8, 4) is 0 Å². The molecular formula is C24H34N4OS. The number of rotatable bonds is 6. The van der Waals surface area contributed by atoms with Crippen LogP contribution in [0.15, 0.2) is 54.8 Å². The summed E-state index contributed by atoms with van der Waals surface area (Å²) in [6, 6.07) is 1.98. The lowest BCUT2D eigenvalue weighted by Crippen LogP contribution is -2.18. The molecule has 0 aliphatic carbocycles. The predicted octanol–water partition coefficient (Wildman–Crippen LogP) is 6.36. The van der Waals surface area contributed by atoms with Gasteiger partial charge < -0.3 is 4.90 Å². The fraction of sp³-hybridized carbons (Fsp3) is 0.375. The summed E-state index contributed by atoms with van der Waals surface area (Å²) in [5.74, 6) is 0.648. The van der Waals surface area contributed by atoms with Crippen molar-refractivity contribution in [2.24, 2.45) is 5.92 Å². The van der Waals surface area contributed by atoms with Gasteiger partial charge in [-0.05, 0) is 24.5 Å². The van der Waals surface area contributed by atoms with Gasteiger partial charge >= 0.3 is 0 Å². The number of aromatic nitrogens is 3. The Kier molecular flexibility index (Phi) is 10.8. The van der Waals surface area contributed by atoms with Crippen LogP contribution in [-0.4, -0.2) is 28.1 Å². The van der Waals surface area contributed by atoms with Crippen LogP contribution in [0.2, 0.25) is 0 Å². The Balaban J connectivity index is 0.000000565. The minimum Gasteiger partial charge on any atom is -0.374 e. The molecule has 0 N–H and O–H groups in total. The molecule has 0 saturated heterocycles. The molecule has 30 heavy (non-hydrogen) atoms. The van der Waals surface area contributed by atoms with E-state index in [9.17, 15) is 4.79 Å². The minimum absolute atomic E-state index is 0.0832. The molecule has 5 nitrogen and oxygen atoms in total. The molecule has 0 atom stereocenters. The Morgan fingerprint density at radius 2 is 1.93 bits per heavy atom. The second-order valence-corrected chi connectivity index (χ2v) is 7.72. The van der Waals surface area contributed by atoms with Gasteiger partial charge in [0.15, 0.2) is 0 Å². The molecule has 0 spiro atoms. The normalized spacial score (nSPS) is 10.5. The van der Waals surface area contributed by atoms with Gasteiger partial charge in [0.25, 0.3) is 5.56 Å². The van der Waals surface area contributed by atoms with Crippen molar-refractivity contribution in [1.82, 2.24) is 14.5 Å². The summed E-state index contributed by atoms with van der Waals surface area (Å²) >= 11 is 1.39. The molecule has 6 heteroatoms. The van der Waals surface area contributed by atoms with Gasteiger partial charge in [-0.3, -0.25) is 9.36 Å². The van der Waals surface area contributed by atoms with Crippen molar-refractivity contribution in [3.63, 3.8) is 0 Å². The highest BCUT2D eigenvalue weighted by Crippen LogP contribution is 2.35. The van der Waals surface area contributed by atoms with Crippen molar-refractivity contribution < 1.29 is 0 Å². The molecule has 0 saturated carbocycles. The highest BCUT2D eigenvalue weighted by Gasteiger charge is 2.16. The quantitative estimate of drug-likeness (QED) is 0.340. The SMILES string of the molecule is C=C/C=C/n1cnc2c(sc3nccc(N(C)CCC)c32)c1=O.C=CC(C)C.CC. The van der Waals surface area contributed by atoms with E-state index in [1.165, 1.54) is 15.9 Å². The van der Waals surface area contributed by atoms with Crippen LogP contribution in [0.1, 0.15) is 41.0 Å². The molecule has 0 amide bonds. The largest absolute Gasteiger partial charge is 0.374 e. The van der Waals surface area contributed by atoms with Crippen LogP contribution in [0.4, 0.5) is 5.69 Å². The monoisotopic (exact) mass is 426 g/mol. The topological polar surface area (TPSA) is 51.0 Å². The second-order valence-electron chi connectivity index (χ2n) is 6.73. The van der Waals surface area contributed by atoms with Gasteiger partial charge in [0.1, 0.15) is 15.9 Å². The van der Waals surface area contributed by atoms with Gasteiger partial charge in [-0.15, -0.1) is 17.9 Å². The number of hydrogen-bond donors (Lipinski definition) is 0. The number of thiophene rings is 1. The summed E-state index contributed by atoms with van der Waals surface area (Å²) in [5.41, 5.74) is 1.71. The van der Waals surface area contributed by atoms with Gasteiger partial charge in [-0.2, -0.15) is 0 Å². The van der Waals surface area contributed by atoms with Crippen LogP contribution < -0.4 is 10.5 Å². The molecule has 3 aromatic heterocycles. The summed E-state index contributed by atoms with van der Waals surface area (Å²) in [4.78, 5) is 24.6. The van der Waals surface area contributed by atoms with E-state index in [1.54, 1.807) is 30.9 Å². The fourth-order valence-electron chi connectivity index (χ4n) is 2.58. The smallest absolute Gasteiger partial charge is 0.275 e. The van der Waals surface area contributed by atoms with E-state index in [0.717, 1.165) is 34.4 Å². The molecule has 3 rings (SSSR count). The maximum absolute atomic E-state index is 12.6. The number of fused-ring (bicyclic) bond motifs is 3. The van der Waals surface area contributed by atoms with E-state index in [-0.39, 0.29) is 5.56 Å². The van der Waals surface area contributed by atoms with Gasteiger partial charge in [0.2, 0.25) is 0 Å². The van der Waals surface area contributed by atoms with Crippen molar-refractivity contribution in [1.29, 1.82) is 0 Å². The molecule has 0 bridgehead atoms. The van der Waals surface area contributed by atoms with Crippen LogP contribution in [-0.2, 0) is 0 Å². The van der Waals surface area contributed by atoms with Crippen LogP contribution >= 0.6 is 11.3 Å². The molecular weight excluding hydrogens is 392 g/mol. The zero-order chi connectivity index (χ0) is 22.7. The average molecular weight is 427 g/mol. The molecule has 0 radical (unpaired) electrons. The first-order valence-corrected chi connectivity index (χ1v) is 11.2. The lowest BCUT2D eigenvalue weighted by atomic mass is 10.2. The third kappa shape index (κ3) is 6.13. The van der Waals surface area contributed by atoms with E-state index in [2.05, 4.69) is 55.8 Å². The van der Waals surface area contributed by atoms with E-state index >= 15 is 0 Å². The molecule has 0 aromatic carbocycles. The third-order valence-electron chi connectivity index (χ3n) is 4.11. The Morgan fingerprint density at radius 3 is 2.50 bits per heavy atom. The molecule has 3 aromatic rings. The van der Waals surface area contributed by atoms with Crippen molar-refractivity contribution >= 4 is 43.7 Å². The van der Waals surface area contributed by atoms with Crippen LogP contribution in [0, 0.1) is 5.92 Å². The zero-order valence-corrected chi connectivity index (χ0v) is 19.9. The molecule has 0 fully saturated rings. The zero-order valence-electron chi connectivity index (χ0n) is 19.1. The van der Waals surface area contributed by atoms with E-state index in [4.69, 9.17) is 0 Å². The molecule has 0 aliphatic rings. The van der Waals surface area contributed by atoms with Crippen LogP contribution in [0.25, 0.3) is 26.6 Å². The Morgan fingerprint density at radius 1 is 1.27 bits per heavy atom. The van der Waals surface area contributed by atoms with Crippen LogP contribution in [0.3, 0.4) is 0 Å². The Bertz CT molecular complexity index is 1050. The molecule has 0 unspecified atom stereocenters. The van der Waals surface area contributed by atoms with Gasteiger partial charge in [0.05, 0.1) is 16.6 Å². The van der Waals surface area contributed by atoms with Gasteiger partial charge in [-0.1, -0.05) is 53.3 Å².